The third kappa shape index (κ3) is 7.31. The van der Waals surface area contributed by atoms with Crippen LogP contribution in [0, 0.1) is 0 Å². The standard InChI is InChI=1S/C20H33N3O2.HI/c1-3-21-20(22-13-7-8-14-25-4-2)23-15-18-17-10-6-5-9-16(17)11-12-19(18)24;/h11-12,24H,3-10,13-15H2,1-2H3,(H2,21,22,23);1H. The molecule has 148 valence electrons. The molecule has 0 unspecified atom stereocenters. The Hall–Kier alpha value is -1.02. The van der Waals surface area contributed by atoms with Crippen LogP contribution in [0.25, 0.3) is 0 Å². The molecule has 1 aliphatic carbocycles. The summed E-state index contributed by atoms with van der Waals surface area (Å²) in [6, 6.07) is 3.89. The molecule has 2 rings (SSSR count). The molecule has 0 aromatic heterocycles. The van der Waals surface area contributed by atoms with E-state index in [2.05, 4.69) is 28.6 Å². The van der Waals surface area contributed by atoms with Crippen molar-refractivity contribution in [2.75, 3.05) is 26.3 Å². The molecular weight excluding hydrogens is 441 g/mol. The van der Waals surface area contributed by atoms with Gasteiger partial charge in [-0.2, -0.15) is 0 Å². The Morgan fingerprint density at radius 2 is 1.96 bits per heavy atom. The minimum Gasteiger partial charge on any atom is -0.508 e. The molecule has 1 aromatic carbocycles. The highest BCUT2D eigenvalue weighted by Crippen LogP contribution is 2.30. The maximum atomic E-state index is 10.3. The lowest BCUT2D eigenvalue weighted by Gasteiger charge is -2.20. The van der Waals surface area contributed by atoms with Gasteiger partial charge in [-0.05, 0) is 69.6 Å². The topological polar surface area (TPSA) is 65.9 Å². The molecule has 26 heavy (non-hydrogen) atoms. The van der Waals surface area contributed by atoms with Gasteiger partial charge in [-0.25, -0.2) is 4.99 Å². The van der Waals surface area contributed by atoms with Gasteiger partial charge in [0.05, 0.1) is 6.54 Å². The summed E-state index contributed by atoms with van der Waals surface area (Å²) in [6.45, 7) is 7.89. The van der Waals surface area contributed by atoms with E-state index in [9.17, 15) is 5.11 Å². The lowest BCUT2D eigenvalue weighted by molar-refractivity contribution is 0.143. The first-order chi connectivity index (χ1) is 12.3. The Morgan fingerprint density at radius 3 is 2.73 bits per heavy atom. The van der Waals surface area contributed by atoms with E-state index in [1.54, 1.807) is 0 Å². The normalized spacial score (nSPS) is 13.7. The maximum Gasteiger partial charge on any atom is 0.191 e. The van der Waals surface area contributed by atoms with Crippen molar-refractivity contribution in [1.82, 2.24) is 10.6 Å². The smallest absolute Gasteiger partial charge is 0.191 e. The molecule has 0 heterocycles. The van der Waals surface area contributed by atoms with Gasteiger partial charge >= 0.3 is 0 Å². The molecule has 0 saturated heterocycles. The van der Waals surface area contributed by atoms with E-state index >= 15 is 0 Å². The fourth-order valence-corrected chi connectivity index (χ4v) is 3.25. The van der Waals surface area contributed by atoms with E-state index < -0.39 is 0 Å². The summed E-state index contributed by atoms with van der Waals surface area (Å²) in [4.78, 5) is 4.69. The Morgan fingerprint density at radius 1 is 1.15 bits per heavy atom. The average Bonchev–Trinajstić information content (AvgIpc) is 2.63. The Labute approximate surface area is 175 Å². The van der Waals surface area contributed by atoms with Crippen molar-refractivity contribution in [3.63, 3.8) is 0 Å². The number of rotatable bonds is 9. The van der Waals surface area contributed by atoms with Crippen LogP contribution in [-0.4, -0.2) is 37.4 Å². The molecule has 0 radical (unpaired) electrons. The van der Waals surface area contributed by atoms with E-state index in [4.69, 9.17) is 4.74 Å². The van der Waals surface area contributed by atoms with Gasteiger partial charge in [0.1, 0.15) is 5.75 Å². The van der Waals surface area contributed by atoms with E-state index in [1.165, 1.54) is 24.0 Å². The van der Waals surface area contributed by atoms with Gasteiger partial charge in [0.25, 0.3) is 0 Å². The highest BCUT2D eigenvalue weighted by atomic mass is 127. The first-order valence-electron chi connectivity index (χ1n) is 9.68. The molecule has 0 saturated carbocycles. The van der Waals surface area contributed by atoms with Gasteiger partial charge in [-0.1, -0.05) is 6.07 Å². The van der Waals surface area contributed by atoms with Gasteiger partial charge in [0.15, 0.2) is 5.96 Å². The number of benzene rings is 1. The van der Waals surface area contributed by atoms with Gasteiger partial charge in [-0.3, -0.25) is 0 Å². The van der Waals surface area contributed by atoms with Crippen LogP contribution in [-0.2, 0) is 24.1 Å². The van der Waals surface area contributed by atoms with Crippen LogP contribution in [0.3, 0.4) is 0 Å². The molecule has 0 bridgehead atoms. The number of unbranched alkanes of at least 4 members (excludes halogenated alkanes) is 1. The van der Waals surface area contributed by atoms with Gasteiger partial charge in [0, 0.05) is 31.9 Å². The fraction of sp³-hybridized carbons (Fsp3) is 0.650. The number of halogens is 1. The number of fused-ring (bicyclic) bond motifs is 1. The van der Waals surface area contributed by atoms with E-state index in [1.807, 2.05) is 13.0 Å². The zero-order valence-corrected chi connectivity index (χ0v) is 18.5. The summed E-state index contributed by atoms with van der Waals surface area (Å²) in [5.74, 6) is 1.18. The Kier molecular flexibility index (Phi) is 11.7. The number of phenols is 1. The lowest BCUT2D eigenvalue weighted by Crippen LogP contribution is -2.37. The first kappa shape index (κ1) is 23.0. The molecule has 3 N–H and O–H groups in total. The summed E-state index contributed by atoms with van der Waals surface area (Å²) in [7, 11) is 0. The molecule has 0 spiro atoms. The molecule has 1 aliphatic rings. The van der Waals surface area contributed by atoms with Gasteiger partial charge < -0.3 is 20.5 Å². The highest BCUT2D eigenvalue weighted by Gasteiger charge is 2.16. The zero-order valence-electron chi connectivity index (χ0n) is 16.1. The summed E-state index contributed by atoms with van der Waals surface area (Å²) in [6.07, 6.45) is 6.71. The fourth-order valence-electron chi connectivity index (χ4n) is 3.25. The predicted octanol–water partition coefficient (Wildman–Crippen LogP) is 3.76. The molecular formula is C20H34IN3O2. The SMILES string of the molecule is CCNC(=NCc1c(O)ccc2c1CCCC2)NCCCCOCC.I. The van der Waals surface area contributed by atoms with E-state index in [-0.39, 0.29) is 24.0 Å². The first-order valence-corrected chi connectivity index (χ1v) is 9.68. The number of aryl methyl sites for hydroxylation is 1. The van der Waals surface area contributed by atoms with Crippen molar-refractivity contribution in [1.29, 1.82) is 0 Å². The second-order valence-electron chi connectivity index (χ2n) is 6.43. The predicted molar refractivity (Wildman–Crippen MR) is 119 cm³/mol. The zero-order chi connectivity index (χ0) is 17.9. The minimum atomic E-state index is 0. The molecule has 0 atom stereocenters. The molecule has 1 aromatic rings. The van der Waals surface area contributed by atoms with Crippen LogP contribution in [0.15, 0.2) is 17.1 Å². The van der Waals surface area contributed by atoms with Crippen LogP contribution >= 0.6 is 24.0 Å². The lowest BCUT2D eigenvalue weighted by atomic mass is 9.88. The summed E-state index contributed by atoms with van der Waals surface area (Å²) >= 11 is 0. The van der Waals surface area contributed by atoms with Crippen molar-refractivity contribution in [2.45, 2.75) is 58.9 Å². The monoisotopic (exact) mass is 475 g/mol. The van der Waals surface area contributed by atoms with E-state index in [0.29, 0.717) is 12.3 Å². The molecule has 0 fully saturated rings. The summed E-state index contributed by atoms with van der Waals surface area (Å²) in [5, 5.41) is 16.9. The van der Waals surface area contributed by atoms with Crippen LogP contribution in [0.4, 0.5) is 0 Å². The van der Waals surface area contributed by atoms with Crippen LogP contribution in [0.1, 0.15) is 56.2 Å². The van der Waals surface area contributed by atoms with Crippen molar-refractivity contribution in [2.24, 2.45) is 4.99 Å². The maximum absolute atomic E-state index is 10.3. The number of nitrogens with zero attached hydrogens (tertiary/aromatic N) is 1. The van der Waals surface area contributed by atoms with Crippen molar-refractivity contribution in [3.05, 3.63) is 28.8 Å². The van der Waals surface area contributed by atoms with E-state index in [0.717, 1.165) is 63.5 Å². The number of aromatic hydroxyl groups is 1. The minimum absolute atomic E-state index is 0. The number of ether oxygens (including phenoxy) is 1. The molecule has 6 heteroatoms. The van der Waals surface area contributed by atoms with Crippen molar-refractivity contribution >= 4 is 29.9 Å². The van der Waals surface area contributed by atoms with Gasteiger partial charge in [0.2, 0.25) is 0 Å². The van der Waals surface area contributed by atoms with Crippen molar-refractivity contribution in [3.8, 4) is 5.75 Å². The summed E-state index contributed by atoms with van der Waals surface area (Å²) < 4.78 is 5.36. The second-order valence-corrected chi connectivity index (χ2v) is 6.43. The van der Waals surface area contributed by atoms with Crippen LogP contribution in [0.2, 0.25) is 0 Å². The van der Waals surface area contributed by atoms with Gasteiger partial charge in [-0.15, -0.1) is 24.0 Å². The highest BCUT2D eigenvalue weighted by molar-refractivity contribution is 14.0. The summed E-state index contributed by atoms with van der Waals surface area (Å²) in [5.41, 5.74) is 3.68. The number of hydrogen-bond donors (Lipinski definition) is 3. The second kappa shape index (κ2) is 13.2. The number of guanidine groups is 1. The number of aliphatic imine (C=N–C) groups is 1. The number of phenolic OH excluding ortho intramolecular Hbond substituents is 1. The Balaban J connectivity index is 0.00000338. The average molecular weight is 475 g/mol. The third-order valence-corrected chi connectivity index (χ3v) is 4.58. The Bertz CT molecular complexity index is 564. The molecule has 0 amide bonds. The number of hydrogen-bond acceptors (Lipinski definition) is 3. The largest absolute Gasteiger partial charge is 0.508 e. The third-order valence-electron chi connectivity index (χ3n) is 4.58. The van der Waals surface area contributed by atoms with Crippen LogP contribution in [0.5, 0.6) is 5.75 Å². The quantitative estimate of drug-likeness (QED) is 0.220. The van der Waals surface area contributed by atoms with Crippen LogP contribution < -0.4 is 10.6 Å². The number of nitrogens with one attached hydrogen (secondary N) is 2. The molecule has 0 aliphatic heterocycles. The molecule has 5 nitrogen and oxygen atoms in total. The van der Waals surface area contributed by atoms with Crippen molar-refractivity contribution < 1.29 is 9.84 Å².